The maximum atomic E-state index is 4.16. The molecule has 0 aliphatic carbocycles. The Morgan fingerprint density at radius 1 is 1.33 bits per heavy atom. The van der Waals surface area contributed by atoms with Crippen LogP contribution in [0.5, 0.6) is 0 Å². The minimum atomic E-state index is 0.876. The van der Waals surface area contributed by atoms with E-state index < -0.39 is 0 Å². The summed E-state index contributed by atoms with van der Waals surface area (Å²) in [6.45, 7) is 0.876. The van der Waals surface area contributed by atoms with Gasteiger partial charge in [-0.3, -0.25) is 4.99 Å². The van der Waals surface area contributed by atoms with Gasteiger partial charge in [0.25, 0.3) is 0 Å². The summed E-state index contributed by atoms with van der Waals surface area (Å²) in [4.78, 5) is 4.16. The Balaban J connectivity index is 2.28. The van der Waals surface area contributed by atoms with Gasteiger partial charge in [0.15, 0.2) is 0 Å². The summed E-state index contributed by atoms with van der Waals surface area (Å²) in [7, 11) is 0. The van der Waals surface area contributed by atoms with Crippen LogP contribution in [0.3, 0.4) is 0 Å². The van der Waals surface area contributed by atoms with Crippen molar-refractivity contribution in [3.05, 3.63) is 12.2 Å². The van der Waals surface area contributed by atoms with Crippen LogP contribution in [0, 0.1) is 0 Å². The zero-order chi connectivity index (χ0) is 6.36. The lowest BCUT2D eigenvalue weighted by molar-refractivity contribution is 1.19. The SMILES string of the molecule is C1=CCN=CCSCC1. The molecule has 1 rings (SSSR count). The topological polar surface area (TPSA) is 12.4 Å². The molecule has 0 spiro atoms. The van der Waals surface area contributed by atoms with Crippen LogP contribution in [-0.2, 0) is 0 Å². The predicted molar refractivity (Wildman–Crippen MR) is 44.4 cm³/mol. The second kappa shape index (κ2) is 4.62. The van der Waals surface area contributed by atoms with Gasteiger partial charge in [0.2, 0.25) is 0 Å². The van der Waals surface area contributed by atoms with Crippen molar-refractivity contribution in [2.75, 3.05) is 18.1 Å². The molecule has 0 N–H and O–H groups in total. The van der Waals surface area contributed by atoms with Crippen molar-refractivity contribution in [3.8, 4) is 0 Å². The molecule has 50 valence electrons. The smallest absolute Gasteiger partial charge is 0.0566 e. The molecule has 0 saturated carbocycles. The fourth-order valence-electron chi connectivity index (χ4n) is 0.668. The molecule has 0 unspecified atom stereocenters. The van der Waals surface area contributed by atoms with Crippen molar-refractivity contribution in [3.63, 3.8) is 0 Å². The molecule has 0 bridgehead atoms. The molecule has 0 aromatic carbocycles. The van der Waals surface area contributed by atoms with Crippen LogP contribution in [0.4, 0.5) is 0 Å². The average Bonchev–Trinajstić information content (AvgIpc) is 2.00. The van der Waals surface area contributed by atoms with Crippen molar-refractivity contribution in [2.24, 2.45) is 4.99 Å². The first-order valence-corrected chi connectivity index (χ1v) is 4.36. The molecule has 1 aliphatic rings. The molecule has 0 radical (unpaired) electrons. The monoisotopic (exact) mass is 141 g/mol. The average molecular weight is 141 g/mol. The van der Waals surface area contributed by atoms with Crippen molar-refractivity contribution in [2.45, 2.75) is 6.42 Å². The first kappa shape index (κ1) is 6.87. The third kappa shape index (κ3) is 3.36. The maximum Gasteiger partial charge on any atom is 0.0566 e. The number of nitrogens with zero attached hydrogens (tertiary/aromatic N) is 1. The Morgan fingerprint density at radius 3 is 3.33 bits per heavy atom. The minimum Gasteiger partial charge on any atom is -0.293 e. The van der Waals surface area contributed by atoms with Gasteiger partial charge in [-0.25, -0.2) is 0 Å². The summed E-state index contributed by atoms with van der Waals surface area (Å²) < 4.78 is 0. The van der Waals surface area contributed by atoms with Gasteiger partial charge < -0.3 is 0 Å². The highest BCUT2D eigenvalue weighted by Crippen LogP contribution is 2.02. The Kier molecular flexibility index (Phi) is 3.53. The summed E-state index contributed by atoms with van der Waals surface area (Å²) >= 11 is 1.94. The number of aliphatic imine (C=N–C) groups is 1. The highest BCUT2D eigenvalue weighted by molar-refractivity contribution is 7.99. The van der Waals surface area contributed by atoms with Crippen LogP contribution in [0.1, 0.15) is 6.42 Å². The summed E-state index contributed by atoms with van der Waals surface area (Å²) in [6, 6.07) is 0. The molecule has 2 heteroatoms. The Bertz CT molecular complexity index is 104. The van der Waals surface area contributed by atoms with Gasteiger partial charge in [-0.15, -0.1) is 0 Å². The van der Waals surface area contributed by atoms with E-state index in [1.165, 1.54) is 12.2 Å². The van der Waals surface area contributed by atoms with Gasteiger partial charge in [-0.2, -0.15) is 11.8 Å². The lowest BCUT2D eigenvalue weighted by atomic mass is 10.4. The van der Waals surface area contributed by atoms with Crippen LogP contribution in [0.15, 0.2) is 17.1 Å². The van der Waals surface area contributed by atoms with E-state index in [0.717, 1.165) is 12.3 Å². The first-order valence-electron chi connectivity index (χ1n) is 3.21. The van der Waals surface area contributed by atoms with Crippen molar-refractivity contribution < 1.29 is 0 Å². The molecule has 9 heavy (non-hydrogen) atoms. The van der Waals surface area contributed by atoms with Crippen LogP contribution in [0.25, 0.3) is 0 Å². The molecule has 1 nitrogen and oxygen atoms in total. The Hall–Kier alpha value is -0.240. The third-order valence-electron chi connectivity index (χ3n) is 1.13. The summed E-state index contributed by atoms with van der Waals surface area (Å²) in [5.74, 6) is 2.32. The number of allylic oxidation sites excluding steroid dienone is 1. The van der Waals surface area contributed by atoms with E-state index in [-0.39, 0.29) is 0 Å². The molecule has 1 heterocycles. The standard InChI is InChI=1S/C7H11NS/c1-2-4-8-5-7-9-6-3-1/h1-2,5H,3-4,6-7H2. The molecule has 0 fully saturated rings. The van der Waals surface area contributed by atoms with Crippen molar-refractivity contribution >= 4 is 18.0 Å². The van der Waals surface area contributed by atoms with Crippen molar-refractivity contribution in [1.29, 1.82) is 0 Å². The zero-order valence-electron chi connectivity index (χ0n) is 5.42. The van der Waals surface area contributed by atoms with Crippen LogP contribution in [-0.4, -0.2) is 24.3 Å². The zero-order valence-corrected chi connectivity index (χ0v) is 6.23. The van der Waals surface area contributed by atoms with Crippen LogP contribution in [0.2, 0.25) is 0 Å². The normalized spacial score (nSPS) is 20.4. The molecule has 1 aliphatic heterocycles. The highest BCUT2D eigenvalue weighted by atomic mass is 32.2. The molecule has 0 aromatic rings. The summed E-state index contributed by atoms with van der Waals surface area (Å²) in [5, 5.41) is 0. The molecule has 0 amide bonds. The van der Waals surface area contributed by atoms with E-state index in [0.29, 0.717) is 0 Å². The van der Waals surface area contributed by atoms with E-state index >= 15 is 0 Å². The van der Waals surface area contributed by atoms with E-state index in [9.17, 15) is 0 Å². The van der Waals surface area contributed by atoms with Gasteiger partial charge in [0.1, 0.15) is 0 Å². The Morgan fingerprint density at radius 2 is 2.33 bits per heavy atom. The molecular formula is C7H11NS. The van der Waals surface area contributed by atoms with Gasteiger partial charge >= 0.3 is 0 Å². The first-order chi connectivity index (χ1) is 4.50. The number of rotatable bonds is 0. The fraction of sp³-hybridized carbons (Fsp3) is 0.571. The van der Waals surface area contributed by atoms with E-state index in [2.05, 4.69) is 17.1 Å². The molecular weight excluding hydrogens is 130 g/mol. The Labute approximate surface area is 60.3 Å². The van der Waals surface area contributed by atoms with E-state index in [1.54, 1.807) is 0 Å². The second-order valence-corrected chi connectivity index (χ2v) is 3.03. The second-order valence-electron chi connectivity index (χ2n) is 1.88. The molecule has 0 saturated heterocycles. The van der Waals surface area contributed by atoms with Gasteiger partial charge in [0, 0.05) is 12.0 Å². The summed E-state index contributed by atoms with van der Waals surface area (Å²) in [5.41, 5.74) is 0. The third-order valence-corrected chi connectivity index (χ3v) is 2.04. The molecule has 0 atom stereocenters. The number of hydrogen-bond donors (Lipinski definition) is 0. The van der Waals surface area contributed by atoms with E-state index in [4.69, 9.17) is 0 Å². The van der Waals surface area contributed by atoms with Gasteiger partial charge in [0.05, 0.1) is 6.54 Å². The predicted octanol–water partition coefficient (Wildman–Crippen LogP) is 1.75. The molecule has 0 aromatic heterocycles. The van der Waals surface area contributed by atoms with Crippen molar-refractivity contribution in [1.82, 2.24) is 0 Å². The fourth-order valence-corrected chi connectivity index (χ4v) is 1.35. The highest BCUT2D eigenvalue weighted by Gasteiger charge is 1.85. The lowest BCUT2D eigenvalue weighted by Crippen LogP contribution is -1.81. The quantitative estimate of drug-likeness (QED) is 0.468. The lowest BCUT2D eigenvalue weighted by Gasteiger charge is -1.89. The van der Waals surface area contributed by atoms with E-state index in [1.807, 2.05) is 18.0 Å². The van der Waals surface area contributed by atoms with Gasteiger partial charge in [-0.1, -0.05) is 12.2 Å². The number of thioether (sulfide) groups is 1. The maximum absolute atomic E-state index is 4.16. The van der Waals surface area contributed by atoms with Crippen LogP contribution < -0.4 is 0 Å². The minimum absolute atomic E-state index is 0.876. The van der Waals surface area contributed by atoms with Crippen LogP contribution >= 0.6 is 11.8 Å². The largest absolute Gasteiger partial charge is 0.293 e. The summed E-state index contributed by atoms with van der Waals surface area (Å²) in [6.07, 6.45) is 7.53. The van der Waals surface area contributed by atoms with Gasteiger partial charge in [-0.05, 0) is 12.2 Å². The number of hydrogen-bond acceptors (Lipinski definition) is 2.